The third kappa shape index (κ3) is 4.49. The first-order valence-corrected chi connectivity index (χ1v) is 8.44. The lowest BCUT2D eigenvalue weighted by Crippen LogP contribution is -2.13. The fourth-order valence-corrected chi connectivity index (χ4v) is 3.38. The van der Waals surface area contributed by atoms with E-state index in [0.717, 1.165) is 11.1 Å². The van der Waals surface area contributed by atoms with Crippen LogP contribution in [0.25, 0.3) is 0 Å². The van der Waals surface area contributed by atoms with E-state index in [0.29, 0.717) is 6.54 Å². The smallest absolute Gasteiger partial charge is 0.335 e. The number of pyridine rings is 1. The third-order valence-electron chi connectivity index (χ3n) is 3.13. The van der Waals surface area contributed by atoms with Gasteiger partial charge in [0.2, 0.25) is 0 Å². The predicted molar refractivity (Wildman–Crippen MR) is 82.8 cm³/mol. The highest BCUT2D eigenvalue weighted by molar-refractivity contribution is 7.56. The van der Waals surface area contributed by atoms with Gasteiger partial charge in [0.1, 0.15) is 0 Å². The topological polar surface area (TPSA) is 88.5 Å². The van der Waals surface area contributed by atoms with Crippen molar-refractivity contribution in [3.63, 3.8) is 0 Å². The van der Waals surface area contributed by atoms with Gasteiger partial charge in [-0.3, -0.25) is 9.55 Å². The van der Waals surface area contributed by atoms with Crippen molar-refractivity contribution in [1.82, 2.24) is 10.1 Å². The van der Waals surface area contributed by atoms with Crippen LogP contribution in [0.5, 0.6) is 0 Å². The summed E-state index contributed by atoms with van der Waals surface area (Å²) < 4.78 is 17.8. The highest BCUT2D eigenvalue weighted by atomic mass is 31.2. The molecular weight excluding hydrogens is 303 g/mol. The van der Waals surface area contributed by atoms with Gasteiger partial charge in [-0.25, -0.2) is 9.88 Å². The molecule has 1 unspecified atom stereocenters. The molecule has 0 aliphatic heterocycles. The van der Waals surface area contributed by atoms with Crippen molar-refractivity contribution in [2.24, 2.45) is 0 Å². The van der Waals surface area contributed by atoms with Crippen molar-refractivity contribution in [3.05, 3.63) is 65.5 Å². The number of aromatic carboxylic acids is 1. The molecule has 2 N–H and O–H groups in total. The number of nitrogens with one attached hydrogen (secondary N) is 1. The summed E-state index contributed by atoms with van der Waals surface area (Å²) >= 11 is 0. The van der Waals surface area contributed by atoms with Gasteiger partial charge >= 0.3 is 5.97 Å². The second-order valence-electron chi connectivity index (χ2n) is 4.71. The number of carbonyl (C=O) groups is 1. The number of hydrogen-bond acceptors (Lipinski definition) is 4. The summed E-state index contributed by atoms with van der Waals surface area (Å²) in [5, 5.41) is 11.8. The Morgan fingerprint density at radius 3 is 2.55 bits per heavy atom. The van der Waals surface area contributed by atoms with Crippen LogP contribution in [0.1, 0.15) is 21.5 Å². The van der Waals surface area contributed by atoms with Crippen molar-refractivity contribution in [2.45, 2.75) is 12.7 Å². The fraction of sp³-hybridized carbons (Fsp3) is 0.200. The molecule has 0 saturated heterocycles. The molecular formula is C15H17N2O4P. The SMILES string of the molecule is COP(=O)(Cc1ccc(C(=O)O)cc1)NCc1cccnc1. The van der Waals surface area contributed by atoms with Gasteiger partial charge in [-0.05, 0) is 29.3 Å². The van der Waals surface area contributed by atoms with Gasteiger partial charge in [-0.1, -0.05) is 18.2 Å². The van der Waals surface area contributed by atoms with Crippen LogP contribution in [0, 0.1) is 0 Å². The van der Waals surface area contributed by atoms with Crippen molar-refractivity contribution in [1.29, 1.82) is 0 Å². The quantitative estimate of drug-likeness (QED) is 0.763. The van der Waals surface area contributed by atoms with Gasteiger partial charge in [-0.15, -0.1) is 0 Å². The minimum absolute atomic E-state index is 0.184. The monoisotopic (exact) mass is 320 g/mol. The Balaban J connectivity index is 2.03. The minimum Gasteiger partial charge on any atom is -0.478 e. The lowest BCUT2D eigenvalue weighted by Gasteiger charge is -2.17. The van der Waals surface area contributed by atoms with Gasteiger partial charge < -0.3 is 9.63 Å². The zero-order chi connectivity index (χ0) is 16.0. The molecule has 7 heteroatoms. The third-order valence-corrected chi connectivity index (χ3v) is 5.14. The maximum atomic E-state index is 12.7. The van der Waals surface area contributed by atoms with E-state index < -0.39 is 13.5 Å². The summed E-state index contributed by atoms with van der Waals surface area (Å²) in [5.41, 5.74) is 1.84. The van der Waals surface area contributed by atoms with Crippen LogP contribution in [0.3, 0.4) is 0 Å². The number of nitrogens with zero attached hydrogens (tertiary/aromatic N) is 1. The van der Waals surface area contributed by atoms with Crippen LogP contribution < -0.4 is 5.09 Å². The van der Waals surface area contributed by atoms with Crippen molar-refractivity contribution in [2.75, 3.05) is 7.11 Å². The van der Waals surface area contributed by atoms with E-state index in [1.54, 1.807) is 30.6 Å². The molecule has 1 heterocycles. The van der Waals surface area contributed by atoms with Gasteiger partial charge in [-0.2, -0.15) is 0 Å². The summed E-state index contributed by atoms with van der Waals surface area (Å²) in [6.07, 6.45) is 3.54. The lowest BCUT2D eigenvalue weighted by atomic mass is 10.1. The number of carboxylic acid groups (broad SMARTS) is 1. The minimum atomic E-state index is -3.05. The summed E-state index contributed by atoms with van der Waals surface area (Å²) in [6.45, 7) is 0.381. The highest BCUT2D eigenvalue weighted by Gasteiger charge is 2.21. The van der Waals surface area contributed by atoms with E-state index in [1.807, 2.05) is 6.07 Å². The molecule has 116 valence electrons. The predicted octanol–water partition coefficient (Wildman–Crippen LogP) is 2.91. The maximum Gasteiger partial charge on any atom is 0.335 e. The molecule has 2 aromatic rings. The Bertz CT molecular complexity index is 674. The Labute approximate surface area is 128 Å². The average molecular weight is 320 g/mol. The molecule has 22 heavy (non-hydrogen) atoms. The van der Waals surface area contributed by atoms with Gasteiger partial charge in [0.15, 0.2) is 0 Å². The zero-order valence-corrected chi connectivity index (χ0v) is 13.0. The first-order chi connectivity index (χ1) is 10.5. The van der Waals surface area contributed by atoms with Crippen molar-refractivity contribution >= 4 is 13.5 Å². The molecule has 0 saturated carbocycles. The van der Waals surface area contributed by atoms with E-state index in [1.165, 1.54) is 19.2 Å². The molecule has 0 aliphatic rings. The first kappa shape index (κ1) is 16.4. The molecule has 0 spiro atoms. The maximum absolute atomic E-state index is 12.7. The summed E-state index contributed by atoms with van der Waals surface area (Å²) in [5.74, 6) is -0.990. The molecule has 0 fully saturated rings. The van der Waals surface area contributed by atoms with Gasteiger partial charge in [0.25, 0.3) is 7.52 Å². The van der Waals surface area contributed by atoms with Crippen LogP contribution >= 0.6 is 7.52 Å². The fourth-order valence-electron chi connectivity index (χ4n) is 1.89. The Hall–Kier alpha value is -2.01. The Kier molecular flexibility index (Phi) is 5.44. The van der Waals surface area contributed by atoms with Gasteiger partial charge in [0.05, 0.1) is 11.7 Å². The van der Waals surface area contributed by atoms with Crippen LogP contribution in [0.15, 0.2) is 48.8 Å². The number of aromatic nitrogens is 1. The molecule has 1 atom stereocenters. The largest absolute Gasteiger partial charge is 0.478 e. The molecule has 0 radical (unpaired) electrons. The van der Waals surface area contributed by atoms with Crippen LogP contribution in [0.2, 0.25) is 0 Å². The van der Waals surface area contributed by atoms with E-state index in [9.17, 15) is 9.36 Å². The van der Waals surface area contributed by atoms with E-state index in [2.05, 4.69) is 10.1 Å². The Morgan fingerprint density at radius 1 is 1.27 bits per heavy atom. The normalized spacial score (nSPS) is 13.5. The van der Waals surface area contributed by atoms with E-state index in [4.69, 9.17) is 9.63 Å². The standard InChI is InChI=1S/C15H17N2O4P/c1-21-22(20,17-10-13-3-2-8-16-9-13)11-12-4-6-14(7-5-12)15(18)19/h2-9H,10-11H2,1H3,(H,17,20)(H,18,19). The highest BCUT2D eigenvalue weighted by Crippen LogP contribution is 2.45. The van der Waals surface area contributed by atoms with Crippen molar-refractivity contribution < 1.29 is 19.0 Å². The molecule has 0 aliphatic carbocycles. The average Bonchev–Trinajstić information content (AvgIpc) is 2.54. The number of hydrogen-bond donors (Lipinski definition) is 2. The lowest BCUT2D eigenvalue weighted by molar-refractivity contribution is 0.0697. The van der Waals surface area contributed by atoms with E-state index in [-0.39, 0.29) is 11.7 Å². The van der Waals surface area contributed by atoms with Gasteiger partial charge in [0, 0.05) is 26.0 Å². The van der Waals surface area contributed by atoms with Crippen LogP contribution in [-0.2, 0) is 21.8 Å². The van der Waals surface area contributed by atoms with Crippen LogP contribution in [0.4, 0.5) is 0 Å². The summed E-state index contributed by atoms with van der Waals surface area (Å²) in [4.78, 5) is 14.8. The molecule has 6 nitrogen and oxygen atoms in total. The molecule has 0 bridgehead atoms. The molecule has 1 aromatic heterocycles. The van der Waals surface area contributed by atoms with Crippen molar-refractivity contribution in [3.8, 4) is 0 Å². The molecule has 0 amide bonds. The second kappa shape index (κ2) is 7.31. The second-order valence-corrected chi connectivity index (χ2v) is 7.06. The molecule has 1 aromatic carbocycles. The number of benzene rings is 1. The molecule has 2 rings (SSSR count). The summed E-state index contributed by atoms with van der Waals surface area (Å²) in [6, 6.07) is 9.93. The number of rotatable bonds is 7. The van der Waals surface area contributed by atoms with E-state index >= 15 is 0 Å². The zero-order valence-electron chi connectivity index (χ0n) is 12.1. The first-order valence-electron chi connectivity index (χ1n) is 6.63. The van der Waals surface area contributed by atoms with Crippen LogP contribution in [-0.4, -0.2) is 23.2 Å². The Morgan fingerprint density at radius 2 is 2.00 bits per heavy atom. The summed E-state index contributed by atoms with van der Waals surface area (Å²) in [7, 11) is -1.66. The number of carboxylic acids is 1.